The molecule has 0 heterocycles. The van der Waals surface area contributed by atoms with E-state index in [-0.39, 0.29) is 12.3 Å². The van der Waals surface area contributed by atoms with Crippen molar-refractivity contribution in [3.8, 4) is 11.8 Å². The second kappa shape index (κ2) is 7.11. The van der Waals surface area contributed by atoms with Crippen molar-refractivity contribution < 1.29 is 9.53 Å². The van der Waals surface area contributed by atoms with Gasteiger partial charge in [-0.25, -0.2) is 0 Å². The average molecular weight is 280 g/mol. The smallest absolute Gasteiger partial charge is 0.227 e. The van der Waals surface area contributed by atoms with E-state index in [2.05, 4.69) is 5.32 Å². The number of rotatable bonds is 5. The van der Waals surface area contributed by atoms with E-state index in [4.69, 9.17) is 10.00 Å². The van der Waals surface area contributed by atoms with E-state index < -0.39 is 0 Å². The highest BCUT2D eigenvalue weighted by Gasteiger charge is 2.03. The molecule has 0 aliphatic heterocycles. The zero-order valence-electron chi connectivity index (χ0n) is 11.8. The molecular weight excluding hydrogens is 264 g/mol. The number of nitriles is 1. The number of anilines is 1. The van der Waals surface area contributed by atoms with Gasteiger partial charge in [0, 0.05) is 5.69 Å². The normalized spacial score (nSPS) is 9.71. The second-order valence-corrected chi connectivity index (χ2v) is 4.65. The Morgan fingerprint density at radius 1 is 1.24 bits per heavy atom. The Labute approximate surface area is 124 Å². The highest BCUT2D eigenvalue weighted by atomic mass is 16.5. The summed E-state index contributed by atoms with van der Waals surface area (Å²) in [6.07, 6.45) is 0.272. The average Bonchev–Trinajstić information content (AvgIpc) is 2.48. The van der Waals surface area contributed by atoms with E-state index in [9.17, 15) is 4.79 Å². The van der Waals surface area contributed by atoms with Crippen molar-refractivity contribution in [2.75, 3.05) is 11.9 Å². The summed E-state index contributed by atoms with van der Waals surface area (Å²) in [5.74, 6) is 0.647. The van der Waals surface area contributed by atoms with E-state index in [0.29, 0.717) is 17.9 Å². The number of nitrogens with one attached hydrogen (secondary N) is 1. The van der Waals surface area contributed by atoms with Gasteiger partial charge in [0.1, 0.15) is 5.75 Å². The fraction of sp³-hybridized carbons (Fsp3) is 0.176. The minimum Gasteiger partial charge on any atom is -0.493 e. The Hall–Kier alpha value is -2.80. The first-order chi connectivity index (χ1) is 10.2. The molecule has 0 bridgehead atoms. The van der Waals surface area contributed by atoms with Gasteiger partial charge in [-0.05, 0) is 48.9 Å². The molecular formula is C17H16N2O2. The van der Waals surface area contributed by atoms with Gasteiger partial charge in [0.25, 0.3) is 0 Å². The Bertz CT molecular complexity index is 657. The molecule has 0 aliphatic carbocycles. The predicted octanol–water partition coefficient (Wildman–Crippen LogP) is 3.27. The fourth-order valence-corrected chi connectivity index (χ4v) is 1.82. The third-order valence-electron chi connectivity index (χ3n) is 2.89. The van der Waals surface area contributed by atoms with Crippen molar-refractivity contribution >= 4 is 11.6 Å². The van der Waals surface area contributed by atoms with Crippen LogP contribution in [0.5, 0.6) is 5.75 Å². The summed E-state index contributed by atoms with van der Waals surface area (Å²) in [5, 5.41) is 11.5. The van der Waals surface area contributed by atoms with Crippen LogP contribution in [-0.2, 0) is 4.79 Å². The summed E-state index contributed by atoms with van der Waals surface area (Å²) < 4.78 is 5.53. The molecule has 2 aromatic carbocycles. The topological polar surface area (TPSA) is 62.1 Å². The third kappa shape index (κ3) is 4.66. The second-order valence-electron chi connectivity index (χ2n) is 4.65. The van der Waals surface area contributed by atoms with Crippen LogP contribution in [0.2, 0.25) is 0 Å². The molecule has 0 spiro atoms. The summed E-state index contributed by atoms with van der Waals surface area (Å²) in [6, 6.07) is 16.5. The number of hydrogen-bond donors (Lipinski definition) is 1. The Morgan fingerprint density at radius 3 is 2.67 bits per heavy atom. The molecule has 2 rings (SSSR count). The highest BCUT2D eigenvalue weighted by molar-refractivity contribution is 5.90. The van der Waals surface area contributed by atoms with Gasteiger partial charge in [0.2, 0.25) is 5.91 Å². The minimum atomic E-state index is -0.118. The molecule has 0 saturated heterocycles. The van der Waals surface area contributed by atoms with Crippen LogP contribution < -0.4 is 10.1 Å². The number of amides is 1. The van der Waals surface area contributed by atoms with E-state index in [1.54, 1.807) is 24.3 Å². The zero-order valence-corrected chi connectivity index (χ0v) is 11.8. The van der Waals surface area contributed by atoms with Crippen LogP contribution in [0.15, 0.2) is 48.5 Å². The quantitative estimate of drug-likeness (QED) is 0.914. The standard InChI is InChI=1S/C17H16N2O2/c1-13-3-2-4-16(11-13)21-10-9-17(20)19-15-7-5-14(12-18)6-8-15/h2-8,11H,9-10H2,1H3,(H,19,20). The van der Waals surface area contributed by atoms with Crippen molar-refractivity contribution in [3.05, 3.63) is 59.7 Å². The molecule has 0 aromatic heterocycles. The number of carbonyl (C=O) groups excluding carboxylic acids is 1. The summed E-state index contributed by atoms with van der Waals surface area (Å²) >= 11 is 0. The first kappa shape index (κ1) is 14.6. The molecule has 2 aromatic rings. The Kier molecular flexibility index (Phi) is 4.94. The van der Waals surface area contributed by atoms with Crippen LogP contribution in [0.3, 0.4) is 0 Å². The van der Waals surface area contributed by atoms with E-state index >= 15 is 0 Å². The lowest BCUT2D eigenvalue weighted by Gasteiger charge is -2.08. The number of benzene rings is 2. The molecule has 21 heavy (non-hydrogen) atoms. The molecule has 0 radical (unpaired) electrons. The van der Waals surface area contributed by atoms with Gasteiger partial charge in [0.15, 0.2) is 0 Å². The van der Waals surface area contributed by atoms with Crippen LogP contribution in [0.25, 0.3) is 0 Å². The molecule has 106 valence electrons. The van der Waals surface area contributed by atoms with E-state index in [1.807, 2.05) is 37.3 Å². The lowest BCUT2D eigenvalue weighted by Crippen LogP contribution is -2.15. The maximum absolute atomic E-state index is 11.8. The van der Waals surface area contributed by atoms with E-state index in [0.717, 1.165) is 11.3 Å². The number of carbonyl (C=O) groups is 1. The summed E-state index contributed by atoms with van der Waals surface area (Å²) in [5.41, 5.74) is 2.36. The van der Waals surface area contributed by atoms with Crippen molar-refractivity contribution in [1.29, 1.82) is 5.26 Å². The maximum Gasteiger partial charge on any atom is 0.227 e. The van der Waals surface area contributed by atoms with Gasteiger partial charge in [-0.15, -0.1) is 0 Å². The SMILES string of the molecule is Cc1cccc(OCCC(=O)Nc2ccc(C#N)cc2)c1. The largest absolute Gasteiger partial charge is 0.493 e. The van der Waals surface area contributed by atoms with Crippen LogP contribution >= 0.6 is 0 Å². The number of nitrogens with zero attached hydrogens (tertiary/aromatic N) is 1. The van der Waals surface area contributed by atoms with Gasteiger partial charge < -0.3 is 10.1 Å². The molecule has 1 N–H and O–H groups in total. The van der Waals surface area contributed by atoms with Gasteiger partial charge in [0.05, 0.1) is 24.7 Å². The monoisotopic (exact) mass is 280 g/mol. The van der Waals surface area contributed by atoms with Crippen molar-refractivity contribution in [2.24, 2.45) is 0 Å². The maximum atomic E-state index is 11.8. The van der Waals surface area contributed by atoms with Crippen LogP contribution in [0, 0.1) is 18.3 Å². The van der Waals surface area contributed by atoms with Crippen LogP contribution in [0.1, 0.15) is 17.5 Å². The van der Waals surface area contributed by atoms with Gasteiger partial charge in [-0.2, -0.15) is 5.26 Å². The van der Waals surface area contributed by atoms with Gasteiger partial charge in [-0.1, -0.05) is 12.1 Å². The molecule has 0 atom stereocenters. The first-order valence-electron chi connectivity index (χ1n) is 6.67. The molecule has 0 fully saturated rings. The molecule has 0 saturated carbocycles. The Balaban J connectivity index is 1.78. The lowest BCUT2D eigenvalue weighted by molar-refractivity contribution is -0.116. The van der Waals surface area contributed by atoms with Crippen LogP contribution in [-0.4, -0.2) is 12.5 Å². The van der Waals surface area contributed by atoms with Crippen LogP contribution in [0.4, 0.5) is 5.69 Å². The molecule has 4 heteroatoms. The fourth-order valence-electron chi connectivity index (χ4n) is 1.82. The first-order valence-corrected chi connectivity index (χ1v) is 6.67. The number of aryl methyl sites for hydroxylation is 1. The summed E-state index contributed by atoms with van der Waals surface area (Å²) in [4.78, 5) is 11.8. The van der Waals surface area contributed by atoms with Crippen molar-refractivity contribution in [3.63, 3.8) is 0 Å². The Morgan fingerprint density at radius 2 is 2.00 bits per heavy atom. The van der Waals surface area contributed by atoms with Crippen molar-refractivity contribution in [1.82, 2.24) is 0 Å². The predicted molar refractivity (Wildman–Crippen MR) is 81.1 cm³/mol. The van der Waals surface area contributed by atoms with Gasteiger partial charge >= 0.3 is 0 Å². The molecule has 0 aliphatic rings. The van der Waals surface area contributed by atoms with E-state index in [1.165, 1.54) is 0 Å². The summed E-state index contributed by atoms with van der Waals surface area (Å²) in [7, 11) is 0. The molecule has 1 amide bonds. The van der Waals surface area contributed by atoms with Gasteiger partial charge in [-0.3, -0.25) is 4.79 Å². The zero-order chi connectivity index (χ0) is 15.1. The highest BCUT2D eigenvalue weighted by Crippen LogP contribution is 2.13. The third-order valence-corrected chi connectivity index (χ3v) is 2.89. The molecule has 4 nitrogen and oxygen atoms in total. The molecule has 0 unspecified atom stereocenters. The minimum absolute atomic E-state index is 0.118. The number of ether oxygens (including phenoxy) is 1. The lowest BCUT2D eigenvalue weighted by atomic mass is 10.2. The summed E-state index contributed by atoms with van der Waals surface area (Å²) in [6.45, 7) is 2.32. The number of hydrogen-bond acceptors (Lipinski definition) is 3. The van der Waals surface area contributed by atoms with Crippen molar-refractivity contribution in [2.45, 2.75) is 13.3 Å².